The summed E-state index contributed by atoms with van der Waals surface area (Å²) in [5.74, 6) is -0.622. The Kier molecular flexibility index (Phi) is 3.47. The first-order valence-electron chi connectivity index (χ1n) is 7.15. The van der Waals surface area contributed by atoms with E-state index >= 15 is 0 Å². The van der Waals surface area contributed by atoms with Gasteiger partial charge in [0.1, 0.15) is 5.25 Å². The molecule has 2 aromatic carbocycles. The van der Waals surface area contributed by atoms with Crippen LogP contribution in [0.4, 0.5) is 0 Å². The molecule has 0 aliphatic heterocycles. The largest absolute Gasteiger partial charge is 0.223 e. The van der Waals surface area contributed by atoms with Crippen LogP contribution in [0.3, 0.4) is 0 Å². The number of nitriles is 2. The van der Waals surface area contributed by atoms with Crippen molar-refractivity contribution >= 4 is 9.84 Å². The molecule has 23 heavy (non-hydrogen) atoms. The van der Waals surface area contributed by atoms with E-state index in [1.165, 1.54) is 12.1 Å². The maximum absolute atomic E-state index is 12.9. The second-order valence-corrected chi connectivity index (χ2v) is 7.83. The van der Waals surface area contributed by atoms with Crippen LogP contribution >= 0.6 is 0 Å². The Labute approximate surface area is 135 Å². The molecule has 0 saturated heterocycles. The van der Waals surface area contributed by atoms with E-state index in [2.05, 4.69) is 0 Å². The standard InChI is InChI=1S/C18H14N2O2S/c1-13-7-9-14(10-8-13)16-17(18(16,11-19)12-20)23(21,22)15-5-3-2-4-6-15/h2-10,16-17H,1H3/t16-,17+/m0/s1. The van der Waals surface area contributed by atoms with Gasteiger partial charge in [-0.3, -0.25) is 0 Å². The molecular formula is C18H14N2O2S. The van der Waals surface area contributed by atoms with Crippen LogP contribution in [0.25, 0.3) is 0 Å². The summed E-state index contributed by atoms with van der Waals surface area (Å²) < 4.78 is 25.8. The monoisotopic (exact) mass is 322 g/mol. The highest BCUT2D eigenvalue weighted by Crippen LogP contribution is 2.63. The van der Waals surface area contributed by atoms with Gasteiger partial charge >= 0.3 is 0 Å². The zero-order chi connectivity index (χ0) is 16.7. The molecule has 2 atom stereocenters. The van der Waals surface area contributed by atoms with Crippen molar-refractivity contribution in [3.8, 4) is 12.1 Å². The number of hydrogen-bond donors (Lipinski definition) is 0. The molecule has 0 N–H and O–H groups in total. The van der Waals surface area contributed by atoms with Crippen molar-refractivity contribution in [2.45, 2.75) is 23.0 Å². The summed E-state index contributed by atoms with van der Waals surface area (Å²) in [5.41, 5.74) is 0.226. The van der Waals surface area contributed by atoms with E-state index in [9.17, 15) is 18.9 Å². The maximum Gasteiger partial charge on any atom is 0.184 e. The number of sulfone groups is 1. The van der Waals surface area contributed by atoms with Crippen molar-refractivity contribution < 1.29 is 8.42 Å². The van der Waals surface area contributed by atoms with Crippen LogP contribution in [-0.4, -0.2) is 13.7 Å². The summed E-state index contributed by atoms with van der Waals surface area (Å²) >= 11 is 0. The Balaban J connectivity index is 2.10. The molecule has 1 aliphatic carbocycles. The van der Waals surface area contributed by atoms with E-state index in [1.807, 2.05) is 31.2 Å². The minimum Gasteiger partial charge on any atom is -0.223 e. The molecule has 0 heterocycles. The molecule has 1 aliphatic rings. The molecule has 5 heteroatoms. The molecule has 0 amide bonds. The van der Waals surface area contributed by atoms with Gasteiger partial charge in [-0.15, -0.1) is 0 Å². The summed E-state index contributed by atoms with van der Waals surface area (Å²) in [6, 6.07) is 19.2. The summed E-state index contributed by atoms with van der Waals surface area (Å²) in [5, 5.41) is 17.9. The average molecular weight is 322 g/mol. The molecule has 1 fully saturated rings. The van der Waals surface area contributed by atoms with Crippen molar-refractivity contribution in [1.82, 2.24) is 0 Å². The van der Waals surface area contributed by atoms with Crippen LogP contribution < -0.4 is 0 Å². The number of rotatable bonds is 3. The van der Waals surface area contributed by atoms with Gasteiger partial charge in [0, 0.05) is 5.92 Å². The van der Waals surface area contributed by atoms with Crippen molar-refractivity contribution in [3.05, 3.63) is 65.7 Å². The Morgan fingerprint density at radius 2 is 1.52 bits per heavy atom. The lowest BCUT2D eigenvalue weighted by Crippen LogP contribution is -2.14. The molecule has 0 aromatic heterocycles. The van der Waals surface area contributed by atoms with Gasteiger partial charge in [0.05, 0.1) is 17.0 Å². The lowest BCUT2D eigenvalue weighted by molar-refractivity contribution is 0.591. The van der Waals surface area contributed by atoms with E-state index in [0.717, 1.165) is 5.56 Å². The van der Waals surface area contributed by atoms with Crippen LogP contribution in [0.2, 0.25) is 0 Å². The second kappa shape index (κ2) is 5.22. The molecule has 0 unspecified atom stereocenters. The van der Waals surface area contributed by atoms with Crippen LogP contribution in [0, 0.1) is 35.0 Å². The first-order chi connectivity index (χ1) is 11.0. The smallest absolute Gasteiger partial charge is 0.184 e. The highest BCUT2D eigenvalue weighted by molar-refractivity contribution is 7.92. The number of hydrogen-bond acceptors (Lipinski definition) is 4. The van der Waals surface area contributed by atoms with Crippen molar-refractivity contribution in [3.63, 3.8) is 0 Å². The molecule has 0 spiro atoms. The van der Waals surface area contributed by atoms with E-state index in [0.29, 0.717) is 5.56 Å². The van der Waals surface area contributed by atoms with Gasteiger partial charge in [-0.2, -0.15) is 10.5 Å². The topological polar surface area (TPSA) is 81.7 Å². The first-order valence-corrected chi connectivity index (χ1v) is 8.70. The Morgan fingerprint density at radius 3 is 2.04 bits per heavy atom. The Bertz CT molecular complexity index is 906. The summed E-state index contributed by atoms with van der Waals surface area (Å²) in [7, 11) is -3.75. The van der Waals surface area contributed by atoms with E-state index in [-0.39, 0.29) is 4.90 Å². The van der Waals surface area contributed by atoms with Crippen LogP contribution in [-0.2, 0) is 9.84 Å². The molecular weight excluding hydrogens is 308 g/mol. The SMILES string of the molecule is Cc1ccc([C@H]2[C@@H](S(=O)(=O)c3ccccc3)C2(C#N)C#N)cc1. The average Bonchev–Trinajstić information content (AvgIpc) is 3.27. The molecule has 2 aromatic rings. The fraction of sp³-hybridized carbons (Fsp3) is 0.222. The van der Waals surface area contributed by atoms with E-state index in [4.69, 9.17) is 0 Å². The molecule has 114 valence electrons. The van der Waals surface area contributed by atoms with E-state index < -0.39 is 26.4 Å². The first kappa shape index (κ1) is 15.3. The third-order valence-corrected chi connectivity index (χ3v) is 6.59. The van der Waals surface area contributed by atoms with Crippen molar-refractivity contribution in [2.75, 3.05) is 0 Å². The summed E-state index contributed by atoms with van der Waals surface area (Å²) in [6.07, 6.45) is 0. The predicted molar refractivity (Wildman–Crippen MR) is 85.0 cm³/mol. The van der Waals surface area contributed by atoms with Crippen molar-refractivity contribution in [1.29, 1.82) is 10.5 Å². The molecule has 1 saturated carbocycles. The van der Waals surface area contributed by atoms with E-state index in [1.54, 1.807) is 30.3 Å². The Hall–Kier alpha value is -2.63. The third-order valence-electron chi connectivity index (χ3n) is 4.35. The minimum atomic E-state index is -3.75. The molecule has 4 nitrogen and oxygen atoms in total. The second-order valence-electron chi connectivity index (χ2n) is 5.76. The highest BCUT2D eigenvalue weighted by Gasteiger charge is 2.73. The fourth-order valence-corrected chi connectivity index (χ4v) is 5.26. The van der Waals surface area contributed by atoms with Crippen LogP contribution in [0.5, 0.6) is 0 Å². The van der Waals surface area contributed by atoms with Gasteiger partial charge in [-0.1, -0.05) is 48.0 Å². The molecule has 0 radical (unpaired) electrons. The number of aryl methyl sites for hydroxylation is 1. The highest BCUT2D eigenvalue weighted by atomic mass is 32.2. The zero-order valence-corrected chi connectivity index (χ0v) is 13.3. The van der Waals surface area contributed by atoms with Crippen LogP contribution in [0.1, 0.15) is 17.0 Å². The fourth-order valence-electron chi connectivity index (χ4n) is 3.04. The van der Waals surface area contributed by atoms with Gasteiger partial charge < -0.3 is 0 Å². The minimum absolute atomic E-state index is 0.148. The van der Waals surface area contributed by atoms with Crippen molar-refractivity contribution in [2.24, 2.45) is 5.41 Å². The third kappa shape index (κ3) is 2.21. The molecule has 3 rings (SSSR count). The zero-order valence-electron chi connectivity index (χ0n) is 12.5. The summed E-state index contributed by atoms with van der Waals surface area (Å²) in [6.45, 7) is 1.93. The summed E-state index contributed by atoms with van der Waals surface area (Å²) in [4.78, 5) is 0.148. The Morgan fingerprint density at radius 1 is 0.957 bits per heavy atom. The van der Waals surface area contributed by atoms with Gasteiger partial charge in [-0.05, 0) is 24.6 Å². The number of benzene rings is 2. The quantitative estimate of drug-likeness (QED) is 0.870. The number of nitrogens with zero attached hydrogens (tertiary/aromatic N) is 2. The molecule has 0 bridgehead atoms. The normalized spacial score (nSPS) is 21.9. The van der Waals surface area contributed by atoms with Crippen LogP contribution in [0.15, 0.2) is 59.5 Å². The maximum atomic E-state index is 12.9. The van der Waals surface area contributed by atoms with Gasteiger partial charge in [0.2, 0.25) is 0 Å². The van der Waals surface area contributed by atoms with Gasteiger partial charge in [-0.25, -0.2) is 8.42 Å². The predicted octanol–water partition coefficient (Wildman–Crippen LogP) is 2.97. The van der Waals surface area contributed by atoms with Gasteiger partial charge in [0.25, 0.3) is 0 Å². The lowest BCUT2D eigenvalue weighted by atomic mass is 10.0. The lowest BCUT2D eigenvalue weighted by Gasteiger charge is -2.03. The van der Waals surface area contributed by atoms with Gasteiger partial charge in [0.15, 0.2) is 15.3 Å².